The van der Waals surface area contributed by atoms with Gasteiger partial charge in [-0.1, -0.05) is 50.0 Å². The van der Waals surface area contributed by atoms with Crippen molar-refractivity contribution < 1.29 is 9.47 Å². The van der Waals surface area contributed by atoms with E-state index in [9.17, 15) is 0 Å². The summed E-state index contributed by atoms with van der Waals surface area (Å²) in [6.45, 7) is 20.5. The molecule has 0 aliphatic carbocycles. The van der Waals surface area contributed by atoms with Gasteiger partial charge in [-0.15, -0.1) is 0 Å². The Morgan fingerprint density at radius 2 is 1.80 bits per heavy atom. The van der Waals surface area contributed by atoms with E-state index in [1.807, 2.05) is 18.5 Å². The van der Waals surface area contributed by atoms with Crippen LogP contribution in [0.25, 0.3) is 11.3 Å². The van der Waals surface area contributed by atoms with Crippen LogP contribution >= 0.6 is 15.9 Å². The molecule has 194 valence electrons. The van der Waals surface area contributed by atoms with Gasteiger partial charge < -0.3 is 14.4 Å². The fourth-order valence-corrected chi connectivity index (χ4v) is 4.81. The van der Waals surface area contributed by atoms with Crippen molar-refractivity contribution in [1.82, 2.24) is 9.97 Å². The Balaban J connectivity index is 2.17. The Hall–Kier alpha value is -1.66. The molecule has 6 heteroatoms. The summed E-state index contributed by atoms with van der Waals surface area (Å²) in [6, 6.07) is 4.06. The Kier molecular flexibility index (Phi) is 9.25. The molecule has 1 aliphatic heterocycles. The first-order chi connectivity index (χ1) is 16.5. The van der Waals surface area contributed by atoms with Gasteiger partial charge in [0.05, 0.1) is 35.9 Å². The molecule has 0 radical (unpaired) electrons. The molecule has 2 aromatic rings. The summed E-state index contributed by atoms with van der Waals surface area (Å²) in [6.07, 6.45) is 7.13. The first-order valence-electron chi connectivity index (χ1n) is 13.0. The lowest BCUT2D eigenvalue weighted by Gasteiger charge is -2.42. The molecule has 1 aliphatic rings. The third kappa shape index (κ3) is 7.19. The van der Waals surface area contributed by atoms with Gasteiger partial charge in [-0.05, 0) is 64.0 Å². The fourth-order valence-electron chi connectivity index (χ4n) is 4.65. The number of anilines is 1. The van der Waals surface area contributed by atoms with Crippen LogP contribution in [0.4, 0.5) is 5.69 Å². The van der Waals surface area contributed by atoms with Gasteiger partial charge in [0.25, 0.3) is 0 Å². The van der Waals surface area contributed by atoms with Crippen LogP contribution in [0.15, 0.2) is 24.5 Å². The molecule has 0 bridgehead atoms. The lowest BCUT2D eigenvalue weighted by Crippen LogP contribution is -2.39. The molecule has 3 rings (SSSR count). The summed E-state index contributed by atoms with van der Waals surface area (Å²) in [5, 5.41) is 0.792. The van der Waals surface area contributed by atoms with Crippen LogP contribution in [-0.2, 0) is 4.74 Å². The van der Waals surface area contributed by atoms with Gasteiger partial charge in [0.2, 0.25) is 0 Å². The lowest BCUT2D eigenvalue weighted by molar-refractivity contribution is -0.0854. The van der Waals surface area contributed by atoms with Crippen LogP contribution in [0, 0.1) is 18.3 Å². The van der Waals surface area contributed by atoms with Crippen molar-refractivity contribution in [3.8, 4) is 17.0 Å². The normalized spacial score (nSPS) is 17.8. The zero-order chi connectivity index (χ0) is 25.8. The molecule has 0 amide bonds. The average Bonchev–Trinajstić information content (AvgIpc) is 2.80. The van der Waals surface area contributed by atoms with Crippen molar-refractivity contribution >= 4 is 21.6 Å². The summed E-state index contributed by atoms with van der Waals surface area (Å²) in [7, 11) is 0. The number of piperidine rings is 1. The molecule has 35 heavy (non-hydrogen) atoms. The van der Waals surface area contributed by atoms with Crippen LogP contribution < -0.4 is 9.64 Å². The van der Waals surface area contributed by atoms with E-state index in [-0.39, 0.29) is 11.7 Å². The van der Waals surface area contributed by atoms with Crippen LogP contribution in [0.3, 0.4) is 0 Å². The molecular weight excluding hydrogens is 502 g/mol. The number of alkyl halides is 1. The van der Waals surface area contributed by atoms with Gasteiger partial charge in [0.15, 0.2) is 0 Å². The van der Waals surface area contributed by atoms with Gasteiger partial charge >= 0.3 is 0 Å². The maximum Gasteiger partial charge on any atom is 0.137 e. The third-order valence-corrected chi connectivity index (χ3v) is 7.33. The van der Waals surface area contributed by atoms with E-state index in [1.54, 1.807) is 0 Å². The van der Waals surface area contributed by atoms with Crippen LogP contribution in [0.1, 0.15) is 85.1 Å². The minimum Gasteiger partial charge on any atom is -0.491 e. The van der Waals surface area contributed by atoms with Gasteiger partial charge in [-0.25, -0.2) is 0 Å². The van der Waals surface area contributed by atoms with Gasteiger partial charge in [0, 0.05) is 41.4 Å². The van der Waals surface area contributed by atoms with E-state index in [0.717, 1.165) is 60.4 Å². The first kappa shape index (κ1) is 27.9. The second kappa shape index (κ2) is 11.6. The molecule has 0 N–H and O–H groups in total. The van der Waals surface area contributed by atoms with Crippen LogP contribution in [0.5, 0.6) is 5.75 Å². The minimum atomic E-state index is -0.260. The predicted octanol–water partition coefficient (Wildman–Crippen LogP) is 7.75. The molecule has 2 atom stereocenters. The summed E-state index contributed by atoms with van der Waals surface area (Å²) in [5.41, 5.74) is 5.59. The van der Waals surface area contributed by atoms with E-state index < -0.39 is 0 Å². The highest BCUT2D eigenvalue weighted by Crippen LogP contribution is 2.45. The number of aryl methyl sites for hydroxylation is 1. The zero-order valence-corrected chi connectivity index (χ0v) is 24.5. The molecule has 5 nitrogen and oxygen atoms in total. The van der Waals surface area contributed by atoms with Crippen molar-refractivity contribution in [3.05, 3.63) is 35.8 Å². The highest BCUT2D eigenvalue weighted by Gasteiger charge is 2.34. The summed E-state index contributed by atoms with van der Waals surface area (Å²) in [4.78, 5) is 12.3. The monoisotopic (exact) mass is 545 g/mol. The molecule has 2 unspecified atom stereocenters. The number of hydrogen-bond donors (Lipinski definition) is 0. The zero-order valence-electron chi connectivity index (χ0n) is 22.9. The van der Waals surface area contributed by atoms with Crippen molar-refractivity contribution in [2.75, 3.05) is 29.9 Å². The van der Waals surface area contributed by atoms with E-state index in [2.05, 4.69) is 82.3 Å². The van der Waals surface area contributed by atoms with Gasteiger partial charge in [-0.2, -0.15) is 0 Å². The molecule has 0 aromatic carbocycles. The summed E-state index contributed by atoms with van der Waals surface area (Å²) in [5.74, 6) is 1.14. The van der Waals surface area contributed by atoms with Crippen molar-refractivity contribution in [1.29, 1.82) is 0 Å². The van der Waals surface area contributed by atoms with E-state index in [1.165, 1.54) is 11.3 Å². The average molecular weight is 547 g/mol. The molecular formula is C29H44BrN3O2. The summed E-state index contributed by atoms with van der Waals surface area (Å²) >= 11 is 3.41. The number of hydrogen-bond acceptors (Lipinski definition) is 5. The number of rotatable bonds is 9. The smallest absolute Gasteiger partial charge is 0.137 e. The highest BCUT2D eigenvalue weighted by atomic mass is 79.9. The van der Waals surface area contributed by atoms with Crippen LogP contribution in [-0.4, -0.2) is 40.6 Å². The maximum atomic E-state index is 6.77. The van der Waals surface area contributed by atoms with E-state index in [4.69, 9.17) is 19.4 Å². The number of halogens is 1. The minimum absolute atomic E-state index is 0.0427. The molecule has 1 fully saturated rings. The highest BCUT2D eigenvalue weighted by molar-refractivity contribution is 9.09. The molecule has 1 saturated heterocycles. The Bertz CT molecular complexity index is 959. The predicted molar refractivity (Wildman–Crippen MR) is 150 cm³/mol. The van der Waals surface area contributed by atoms with E-state index in [0.29, 0.717) is 17.9 Å². The number of ether oxygens (including phenoxy) is 2. The van der Waals surface area contributed by atoms with Crippen LogP contribution in [0.2, 0.25) is 0 Å². The maximum absolute atomic E-state index is 6.77. The third-order valence-electron chi connectivity index (χ3n) is 7.00. The van der Waals surface area contributed by atoms with Gasteiger partial charge in [0.1, 0.15) is 5.75 Å². The lowest BCUT2D eigenvalue weighted by atomic mass is 9.81. The second-order valence-corrected chi connectivity index (χ2v) is 12.4. The Labute approximate surface area is 221 Å². The molecule has 0 saturated carbocycles. The number of nitrogens with zero attached hydrogens (tertiary/aromatic N) is 3. The second-order valence-electron chi connectivity index (χ2n) is 11.6. The number of pyridine rings is 2. The summed E-state index contributed by atoms with van der Waals surface area (Å²) < 4.78 is 12.5. The SMILES string of the molecule is CCC(C)C(OC(C)(C)C)c1c(C)ncc(-c2ccc(OCCBr)cn2)c1N1CCC(C)(C)CC1. The first-order valence-corrected chi connectivity index (χ1v) is 14.2. The van der Waals surface area contributed by atoms with E-state index >= 15 is 0 Å². The Morgan fingerprint density at radius 3 is 2.34 bits per heavy atom. The van der Waals surface area contributed by atoms with Crippen molar-refractivity contribution in [3.63, 3.8) is 0 Å². The molecule has 0 spiro atoms. The van der Waals surface area contributed by atoms with Gasteiger partial charge in [-0.3, -0.25) is 9.97 Å². The Morgan fingerprint density at radius 1 is 1.11 bits per heavy atom. The number of aromatic nitrogens is 2. The quantitative estimate of drug-likeness (QED) is 0.301. The standard InChI is InChI=1S/C29H44BrN3O2/c1-9-20(2)27(35-28(4,5)6)25-21(3)31-19-23(24-11-10-22(18-32-24)34-17-14-30)26(25)33-15-12-29(7,8)13-16-33/h10-11,18-20,27H,9,12-17H2,1-8H3. The van der Waals surface area contributed by atoms with Crippen molar-refractivity contribution in [2.24, 2.45) is 11.3 Å². The van der Waals surface area contributed by atoms with Crippen molar-refractivity contribution in [2.45, 2.75) is 86.4 Å². The fraction of sp³-hybridized carbons (Fsp3) is 0.655. The molecule has 3 heterocycles. The largest absolute Gasteiger partial charge is 0.491 e. The topological polar surface area (TPSA) is 47.5 Å². The molecule has 2 aromatic heterocycles.